The third-order valence-corrected chi connectivity index (χ3v) is 21.8. The largest absolute Gasteiger partial charge is 0.462 e. The Hall–Kier alpha value is -3.66. The zero-order valence-corrected chi connectivity index (χ0v) is 49.9. The van der Waals surface area contributed by atoms with Gasteiger partial charge in [0.25, 0.3) is 0 Å². The Morgan fingerprint density at radius 2 is 0.679 bits per heavy atom. The molecule has 0 aromatic rings. The molecule has 12 aliphatic heterocycles. The lowest BCUT2D eigenvalue weighted by Crippen LogP contribution is -2.70. The van der Waals surface area contributed by atoms with Crippen LogP contribution in [0.3, 0.4) is 0 Å². The summed E-state index contributed by atoms with van der Waals surface area (Å²) >= 11 is 0. The highest BCUT2D eigenvalue weighted by Gasteiger charge is 2.73. The molecule has 12 saturated heterocycles. The van der Waals surface area contributed by atoms with Crippen molar-refractivity contribution in [1.82, 2.24) is 0 Å². The molecule has 0 radical (unpaired) electrons. The van der Waals surface area contributed by atoms with Gasteiger partial charge in [-0.2, -0.15) is 0 Å². The van der Waals surface area contributed by atoms with E-state index in [1.807, 2.05) is 20.8 Å². The molecule has 470 valence electrons. The average molecular weight is 1190 g/mol. The molecule has 15 rings (SSSR count). The molecule has 24 nitrogen and oxygen atoms in total. The first-order chi connectivity index (χ1) is 40.0. The molecule has 6 bridgehead atoms. The average Bonchev–Trinajstić information content (AvgIpc) is 1.38. The van der Waals surface area contributed by atoms with Gasteiger partial charge in [-0.05, 0) is 114 Å². The fourth-order valence-electron chi connectivity index (χ4n) is 17.1. The van der Waals surface area contributed by atoms with Crippen molar-refractivity contribution >= 4 is 35.8 Å². The minimum atomic E-state index is -1.37. The monoisotopic (exact) mass is 1190 g/mol. The van der Waals surface area contributed by atoms with E-state index < -0.39 is 153 Å². The van der Waals surface area contributed by atoms with Gasteiger partial charge in [0.15, 0.2) is 41.8 Å². The van der Waals surface area contributed by atoms with Gasteiger partial charge >= 0.3 is 35.8 Å². The van der Waals surface area contributed by atoms with Crippen molar-refractivity contribution in [2.45, 2.75) is 256 Å². The molecule has 0 aromatic carbocycles. The van der Waals surface area contributed by atoms with E-state index in [1.165, 1.54) is 0 Å². The molecule has 3 saturated carbocycles. The first kappa shape index (κ1) is 60.6. The van der Waals surface area contributed by atoms with Gasteiger partial charge < -0.3 is 56.8 Å². The molecule has 24 heteroatoms. The number of fused-ring (bicyclic) bond motifs is 6. The zero-order valence-electron chi connectivity index (χ0n) is 49.9. The number of hydrogen-bond acceptors (Lipinski definition) is 24. The van der Waals surface area contributed by atoms with Crippen LogP contribution in [0.2, 0.25) is 0 Å². The summed E-state index contributed by atoms with van der Waals surface area (Å²) in [6.07, 6.45) is 0.260. The molecule has 84 heavy (non-hydrogen) atoms. The molecular weight excluding hydrogens is 1100 g/mol. The zero-order chi connectivity index (χ0) is 59.3. The number of rotatable bonds is 17. The van der Waals surface area contributed by atoms with E-state index in [2.05, 4.69) is 20.8 Å². The van der Waals surface area contributed by atoms with E-state index in [4.69, 9.17) is 86.2 Å². The highest BCUT2D eigenvalue weighted by molar-refractivity contribution is 5.79. The fourth-order valence-corrected chi connectivity index (χ4v) is 17.1. The van der Waals surface area contributed by atoms with E-state index in [0.717, 1.165) is 57.8 Å². The molecule has 3 unspecified atom stereocenters. The lowest BCUT2D eigenvalue weighted by atomic mass is 9.58. The predicted molar refractivity (Wildman–Crippen MR) is 278 cm³/mol. The van der Waals surface area contributed by atoms with Crippen molar-refractivity contribution in [3.63, 3.8) is 0 Å². The summed E-state index contributed by atoms with van der Waals surface area (Å²) in [5.74, 6) is -7.64. The maximum atomic E-state index is 13.5. The normalized spacial score (nSPS) is 47.8. The van der Waals surface area contributed by atoms with E-state index >= 15 is 0 Å². The molecule has 0 aromatic heterocycles. The first-order valence-corrected chi connectivity index (χ1v) is 31.2. The van der Waals surface area contributed by atoms with Crippen molar-refractivity contribution in [3.05, 3.63) is 0 Å². The second-order valence-electron chi connectivity index (χ2n) is 27.3. The topological polar surface area (TPSA) is 269 Å². The van der Waals surface area contributed by atoms with Crippen molar-refractivity contribution in [3.8, 4) is 0 Å². The molecule has 3 spiro atoms. The number of carbonyl (C=O) groups excluding carboxylic acids is 6. The van der Waals surface area contributed by atoms with Crippen LogP contribution in [0.15, 0.2) is 0 Å². The second kappa shape index (κ2) is 23.1. The summed E-state index contributed by atoms with van der Waals surface area (Å²) in [6, 6.07) is 0. The van der Waals surface area contributed by atoms with Crippen LogP contribution >= 0.6 is 0 Å². The van der Waals surface area contributed by atoms with Crippen molar-refractivity contribution < 1.29 is 115 Å². The molecule has 15 fully saturated rings. The van der Waals surface area contributed by atoms with Crippen LogP contribution in [0.1, 0.15) is 178 Å². The first-order valence-electron chi connectivity index (χ1n) is 31.2. The van der Waals surface area contributed by atoms with Gasteiger partial charge in [0.2, 0.25) is 36.2 Å². The number of ether oxygens (including phenoxy) is 12. The van der Waals surface area contributed by atoms with Gasteiger partial charge in [-0.1, -0.05) is 41.5 Å². The maximum Gasteiger partial charge on any atom is 0.308 e. The molecular formula is C60H86O24. The van der Waals surface area contributed by atoms with Crippen LogP contribution in [-0.2, 0) is 115 Å². The van der Waals surface area contributed by atoms with Gasteiger partial charge in [0, 0.05) is 54.8 Å². The Morgan fingerprint density at radius 1 is 0.381 bits per heavy atom. The standard InChI is InChI=1S/C60H86O24/c1-30-10-13-40-33(4)49(73-52-58(40)37(30)22-25-55(7,76-52)79-82-58)70-46(64)18-16-43(61)67-28-36(69-45(63)20-21-48(66)72-51-35(6)42-15-12-32(3)39-24-27-57(9)78-54(75-51)60(39,42)84-81-57)29-68-44(62)17-19-47(65)71-50-34(5)41-14-11-31(2)38-23-26-56(8)77-53(74-50)59(38,41)83-80-56/h30-42,49-54H,10-29H2,1-9H3/t30-,31-,32-,33-,34-,35-,36?,37+,38+,39+,40+,41+,42+,49-,50-,51-,52-,53-,54-,55?,56?,57?,58-,59-,60-/m1/s1. The lowest BCUT2D eigenvalue weighted by Gasteiger charge is -2.59. The van der Waals surface area contributed by atoms with E-state index in [1.54, 1.807) is 20.8 Å². The van der Waals surface area contributed by atoms with Crippen molar-refractivity contribution in [1.29, 1.82) is 0 Å². The summed E-state index contributed by atoms with van der Waals surface area (Å²) < 4.78 is 72.5. The minimum absolute atomic E-state index is 0.0943. The minimum Gasteiger partial charge on any atom is -0.462 e. The van der Waals surface area contributed by atoms with Gasteiger partial charge in [-0.15, -0.1) is 0 Å². The fraction of sp³-hybridized carbons (Fsp3) is 0.900. The molecule has 3 aliphatic carbocycles. The van der Waals surface area contributed by atoms with Gasteiger partial charge in [-0.25, -0.2) is 29.3 Å². The van der Waals surface area contributed by atoms with E-state index in [-0.39, 0.29) is 66.1 Å². The van der Waals surface area contributed by atoms with Gasteiger partial charge in [0.1, 0.15) is 13.2 Å². The quantitative estimate of drug-likeness (QED) is 0.0771. The van der Waals surface area contributed by atoms with Gasteiger partial charge in [0.05, 0.1) is 38.5 Å². The van der Waals surface area contributed by atoms with Crippen LogP contribution in [0, 0.1) is 71.0 Å². The summed E-state index contributed by atoms with van der Waals surface area (Å²) in [5, 5.41) is 0. The Bertz CT molecular complexity index is 2400. The molecule has 24 atom stereocenters. The Kier molecular flexibility index (Phi) is 16.6. The van der Waals surface area contributed by atoms with Crippen LogP contribution in [-0.4, -0.2) is 127 Å². The summed E-state index contributed by atoms with van der Waals surface area (Å²) in [4.78, 5) is 117. The van der Waals surface area contributed by atoms with E-state index in [0.29, 0.717) is 37.0 Å². The Morgan fingerprint density at radius 3 is 1.00 bits per heavy atom. The third kappa shape index (κ3) is 10.8. The van der Waals surface area contributed by atoms with Crippen LogP contribution in [0.5, 0.6) is 0 Å². The maximum absolute atomic E-state index is 13.5. The van der Waals surface area contributed by atoms with Crippen LogP contribution in [0.4, 0.5) is 0 Å². The van der Waals surface area contributed by atoms with Crippen LogP contribution in [0.25, 0.3) is 0 Å². The highest BCUT2D eigenvalue weighted by Crippen LogP contribution is 2.64. The number of carbonyl (C=O) groups is 6. The Balaban J connectivity index is 0.644. The molecule has 0 amide bonds. The summed E-state index contributed by atoms with van der Waals surface area (Å²) in [6.45, 7) is 16.7. The molecule has 15 aliphatic rings. The molecule has 12 heterocycles. The lowest BCUT2D eigenvalue weighted by molar-refractivity contribution is -0.576. The van der Waals surface area contributed by atoms with Crippen LogP contribution < -0.4 is 0 Å². The van der Waals surface area contributed by atoms with Gasteiger partial charge in [-0.3, -0.25) is 28.8 Å². The third-order valence-electron chi connectivity index (χ3n) is 21.8. The van der Waals surface area contributed by atoms with Crippen molar-refractivity contribution in [2.24, 2.45) is 71.0 Å². The van der Waals surface area contributed by atoms with E-state index in [9.17, 15) is 28.8 Å². The summed E-state index contributed by atoms with van der Waals surface area (Å²) in [7, 11) is 0. The van der Waals surface area contributed by atoms with Crippen molar-refractivity contribution in [2.75, 3.05) is 13.2 Å². The number of hydrogen-bond donors (Lipinski definition) is 0. The summed E-state index contributed by atoms with van der Waals surface area (Å²) in [5.41, 5.74) is -2.58. The predicted octanol–water partition coefficient (Wildman–Crippen LogP) is 7.58. The SMILES string of the molecule is C[C@H]1[C@H](OC(=O)CCC(=O)OCC(COC(=O)CCC(=O)O[C@@H]2O[C@@H]3OC4(C)CC[C@H]5[C@H](C)CC[C@@H]([C@H]2C)[C@@]35OO4)OC(=O)CCC(=O)O[C@@H]2O[C@@H]3OC4(C)CC[C@H]5[C@H](C)CC[C@@H]([C@H]2C)[C@@]35OO4)O[C@@H]2OC3(C)CC[C@H]4[C@H](C)CC[C@@H]1[C@@]24OO3. The highest BCUT2D eigenvalue weighted by atomic mass is 17.3. The smallest absolute Gasteiger partial charge is 0.308 e. The number of esters is 6. The Labute approximate surface area is 489 Å². The molecule has 0 N–H and O–H groups in total. The second-order valence-corrected chi connectivity index (χ2v) is 27.3.